The van der Waals surface area contributed by atoms with Crippen molar-refractivity contribution in [3.63, 3.8) is 0 Å². The van der Waals surface area contributed by atoms with Crippen LogP contribution in [0.25, 0.3) is 0 Å². The molecule has 0 atom stereocenters. The Morgan fingerprint density at radius 1 is 0.767 bits per heavy atom. The first-order valence-corrected chi connectivity index (χ1v) is 10.8. The van der Waals surface area contributed by atoms with Crippen LogP contribution in [0.2, 0.25) is 5.02 Å². The normalized spacial score (nSPS) is 19.9. The number of hydrogen-bond acceptors (Lipinski definition) is 3. The van der Waals surface area contributed by atoms with Crippen LogP contribution in [0.3, 0.4) is 0 Å². The van der Waals surface area contributed by atoms with Gasteiger partial charge in [-0.2, -0.15) is 0 Å². The number of hydrogen-bond donors (Lipinski definition) is 0. The molecule has 0 bridgehead atoms. The van der Waals surface area contributed by atoms with E-state index in [4.69, 9.17) is 11.6 Å². The SMILES string of the molecule is O=C1CCCC2=C1C(c1ccc(F)cc1)C1=C(CCCC1=O)N2c1ccc(Cl)cc1. The molecule has 0 saturated heterocycles. The molecule has 0 unspecified atom stereocenters. The lowest BCUT2D eigenvalue weighted by Gasteiger charge is -2.44. The van der Waals surface area contributed by atoms with Gasteiger partial charge in [0.1, 0.15) is 5.82 Å². The molecule has 0 radical (unpaired) electrons. The molecule has 3 aliphatic rings. The number of allylic oxidation sites excluding steroid dienone is 4. The van der Waals surface area contributed by atoms with Crippen molar-refractivity contribution in [1.29, 1.82) is 0 Å². The van der Waals surface area contributed by atoms with E-state index in [2.05, 4.69) is 4.90 Å². The first-order valence-electron chi connectivity index (χ1n) is 10.4. The molecule has 0 fully saturated rings. The second-order valence-corrected chi connectivity index (χ2v) is 8.51. The summed E-state index contributed by atoms with van der Waals surface area (Å²) in [6.07, 6.45) is 4.06. The Morgan fingerprint density at radius 3 is 1.83 bits per heavy atom. The van der Waals surface area contributed by atoms with E-state index in [1.807, 2.05) is 24.3 Å². The topological polar surface area (TPSA) is 37.4 Å². The second kappa shape index (κ2) is 7.51. The smallest absolute Gasteiger partial charge is 0.161 e. The molecule has 0 N–H and O–H groups in total. The van der Waals surface area contributed by atoms with Gasteiger partial charge in [-0.1, -0.05) is 23.7 Å². The highest BCUT2D eigenvalue weighted by Crippen LogP contribution is 2.50. The van der Waals surface area contributed by atoms with Gasteiger partial charge in [-0.3, -0.25) is 9.59 Å². The zero-order valence-corrected chi connectivity index (χ0v) is 17.2. The molecule has 1 aliphatic heterocycles. The van der Waals surface area contributed by atoms with Crippen molar-refractivity contribution in [3.05, 3.63) is 87.5 Å². The van der Waals surface area contributed by atoms with Crippen LogP contribution in [0.1, 0.15) is 50.0 Å². The molecule has 1 heterocycles. The lowest BCUT2D eigenvalue weighted by atomic mass is 9.71. The van der Waals surface area contributed by atoms with E-state index in [0.29, 0.717) is 29.0 Å². The molecule has 0 aromatic heterocycles. The first-order chi connectivity index (χ1) is 14.5. The molecular weight excluding hydrogens is 401 g/mol. The van der Waals surface area contributed by atoms with Gasteiger partial charge in [-0.15, -0.1) is 0 Å². The van der Waals surface area contributed by atoms with Crippen LogP contribution in [-0.4, -0.2) is 11.6 Å². The minimum Gasteiger partial charge on any atom is -0.317 e. The first kappa shape index (κ1) is 19.3. The quantitative estimate of drug-likeness (QED) is 0.588. The molecular formula is C25H21ClFNO2. The average molecular weight is 422 g/mol. The maximum Gasteiger partial charge on any atom is 0.161 e. The van der Waals surface area contributed by atoms with Gasteiger partial charge < -0.3 is 4.90 Å². The van der Waals surface area contributed by atoms with E-state index in [1.54, 1.807) is 12.1 Å². The van der Waals surface area contributed by atoms with Crippen LogP contribution in [0, 0.1) is 5.82 Å². The van der Waals surface area contributed by atoms with Crippen molar-refractivity contribution in [2.45, 2.75) is 44.4 Å². The monoisotopic (exact) mass is 421 g/mol. The fraction of sp³-hybridized carbons (Fsp3) is 0.280. The summed E-state index contributed by atoms with van der Waals surface area (Å²) in [4.78, 5) is 28.5. The van der Waals surface area contributed by atoms with Gasteiger partial charge >= 0.3 is 0 Å². The summed E-state index contributed by atoms with van der Waals surface area (Å²) in [5.41, 5.74) is 5.04. The maximum absolute atomic E-state index is 13.6. The highest BCUT2D eigenvalue weighted by molar-refractivity contribution is 6.30. The van der Waals surface area contributed by atoms with Gasteiger partial charge in [-0.25, -0.2) is 4.39 Å². The van der Waals surface area contributed by atoms with Crippen molar-refractivity contribution in [2.24, 2.45) is 0 Å². The average Bonchev–Trinajstić information content (AvgIpc) is 2.74. The summed E-state index contributed by atoms with van der Waals surface area (Å²) in [5, 5.41) is 0.641. The molecule has 2 aromatic carbocycles. The number of nitrogens with zero attached hydrogens (tertiary/aromatic N) is 1. The third-order valence-electron chi connectivity index (χ3n) is 6.26. The van der Waals surface area contributed by atoms with Gasteiger partial charge in [-0.05, 0) is 67.6 Å². The number of carbonyl (C=O) groups excluding carboxylic acids is 2. The number of anilines is 1. The summed E-state index contributed by atoms with van der Waals surface area (Å²) in [6.45, 7) is 0. The lowest BCUT2D eigenvalue weighted by Crippen LogP contribution is -2.39. The molecule has 2 aliphatic carbocycles. The van der Waals surface area contributed by atoms with Gasteiger partial charge in [0.15, 0.2) is 11.6 Å². The van der Waals surface area contributed by atoms with Crippen molar-refractivity contribution in [3.8, 4) is 0 Å². The summed E-state index contributed by atoms with van der Waals surface area (Å²) < 4.78 is 13.6. The minimum absolute atomic E-state index is 0.0782. The Morgan fingerprint density at radius 2 is 1.30 bits per heavy atom. The highest BCUT2D eigenvalue weighted by Gasteiger charge is 2.43. The van der Waals surface area contributed by atoms with Crippen LogP contribution < -0.4 is 4.90 Å². The Bertz CT molecular complexity index is 1050. The zero-order chi connectivity index (χ0) is 20.8. The number of benzene rings is 2. The number of ketones is 2. The highest BCUT2D eigenvalue weighted by atomic mass is 35.5. The fourth-order valence-corrected chi connectivity index (χ4v) is 5.14. The van der Waals surface area contributed by atoms with Crippen molar-refractivity contribution < 1.29 is 14.0 Å². The molecule has 152 valence electrons. The number of carbonyl (C=O) groups is 2. The molecule has 2 aromatic rings. The standard InChI is InChI=1S/C25H21ClFNO2/c26-16-9-13-18(14-10-16)28-19-3-1-5-21(29)24(19)23(15-7-11-17(27)12-8-15)25-20(28)4-2-6-22(25)30/h7-14,23H,1-6H2. The molecule has 5 rings (SSSR count). The number of rotatable bonds is 2. The summed E-state index contributed by atoms with van der Waals surface area (Å²) in [5.74, 6) is -0.589. The van der Waals surface area contributed by atoms with E-state index in [0.717, 1.165) is 48.3 Å². The maximum atomic E-state index is 13.6. The van der Waals surface area contributed by atoms with E-state index in [-0.39, 0.29) is 17.4 Å². The Hall–Kier alpha value is -2.72. The number of halogens is 2. The van der Waals surface area contributed by atoms with Crippen LogP contribution >= 0.6 is 11.6 Å². The van der Waals surface area contributed by atoms with Crippen molar-refractivity contribution >= 4 is 28.9 Å². The Kier molecular flexibility index (Phi) is 4.82. The van der Waals surface area contributed by atoms with Crippen LogP contribution in [0.4, 0.5) is 10.1 Å². The molecule has 0 amide bonds. The molecule has 5 heteroatoms. The predicted molar refractivity (Wildman–Crippen MR) is 115 cm³/mol. The van der Waals surface area contributed by atoms with Gasteiger partial charge in [0, 0.05) is 52.0 Å². The molecule has 3 nitrogen and oxygen atoms in total. The number of Topliss-reactive ketones (excluding diaryl/α,β-unsaturated/α-hetero) is 2. The van der Waals surface area contributed by atoms with Crippen LogP contribution in [0.15, 0.2) is 71.1 Å². The minimum atomic E-state index is -0.417. The van der Waals surface area contributed by atoms with Gasteiger partial charge in [0.05, 0.1) is 0 Å². The largest absolute Gasteiger partial charge is 0.317 e. The van der Waals surface area contributed by atoms with Crippen LogP contribution in [-0.2, 0) is 9.59 Å². The Labute approximate surface area is 179 Å². The fourth-order valence-electron chi connectivity index (χ4n) is 5.01. The third kappa shape index (κ3) is 3.10. The van der Waals surface area contributed by atoms with Crippen molar-refractivity contribution in [2.75, 3.05) is 4.90 Å². The molecule has 0 saturated carbocycles. The van der Waals surface area contributed by atoms with E-state index in [9.17, 15) is 14.0 Å². The predicted octanol–water partition coefficient (Wildman–Crippen LogP) is 6.10. The summed E-state index contributed by atoms with van der Waals surface area (Å²) in [6, 6.07) is 13.8. The summed E-state index contributed by atoms with van der Waals surface area (Å²) >= 11 is 6.11. The van der Waals surface area contributed by atoms with E-state index in [1.165, 1.54) is 12.1 Å². The van der Waals surface area contributed by atoms with Gasteiger partial charge in [0.25, 0.3) is 0 Å². The van der Waals surface area contributed by atoms with E-state index < -0.39 is 5.92 Å². The lowest BCUT2D eigenvalue weighted by molar-refractivity contribution is -0.116. The van der Waals surface area contributed by atoms with E-state index >= 15 is 0 Å². The molecule has 0 spiro atoms. The third-order valence-corrected chi connectivity index (χ3v) is 6.51. The van der Waals surface area contributed by atoms with Gasteiger partial charge in [0.2, 0.25) is 0 Å². The Balaban J connectivity index is 1.77. The zero-order valence-electron chi connectivity index (χ0n) is 16.5. The van der Waals surface area contributed by atoms with Crippen LogP contribution in [0.5, 0.6) is 0 Å². The van der Waals surface area contributed by atoms with Crippen molar-refractivity contribution in [1.82, 2.24) is 0 Å². The second-order valence-electron chi connectivity index (χ2n) is 8.07. The summed E-state index contributed by atoms with van der Waals surface area (Å²) in [7, 11) is 0. The molecule has 30 heavy (non-hydrogen) atoms.